The van der Waals surface area contributed by atoms with E-state index in [1.165, 1.54) is 9.80 Å². The number of carbonyl (C=O) groups is 2. The number of piperazine rings is 1. The third kappa shape index (κ3) is 1.71. The number of anilines is 1. The lowest BCUT2D eigenvalue weighted by Crippen LogP contribution is -2.55. The average molecular weight is 230 g/mol. The fourth-order valence-electron chi connectivity index (χ4n) is 1.82. The largest absolute Gasteiger partial charge is 0.329 e. The first-order valence-corrected chi connectivity index (χ1v) is 5.39. The number of para-hydroxylation sites is 1. The van der Waals surface area contributed by atoms with Crippen LogP contribution in [0.5, 0.6) is 0 Å². The molecule has 17 heavy (non-hydrogen) atoms. The van der Waals surface area contributed by atoms with Gasteiger partial charge in [0.15, 0.2) is 0 Å². The zero-order valence-electron chi connectivity index (χ0n) is 9.88. The molecule has 1 aromatic rings. The monoisotopic (exact) mass is 230 g/mol. The molecule has 1 aliphatic heterocycles. The fraction of sp³-hybridized carbons (Fsp3) is 0.231. The number of benzene rings is 1. The molecule has 1 aromatic carbocycles. The van der Waals surface area contributed by atoms with Crippen LogP contribution < -0.4 is 4.90 Å². The SMILES string of the molecule is C=C1C(=O)N(C)[C@@H](C)C(=O)N1c1ccccc1. The van der Waals surface area contributed by atoms with Crippen molar-refractivity contribution < 1.29 is 9.59 Å². The van der Waals surface area contributed by atoms with Crippen molar-refractivity contribution >= 4 is 17.5 Å². The summed E-state index contributed by atoms with van der Waals surface area (Å²) in [5.74, 6) is -0.357. The second-order valence-electron chi connectivity index (χ2n) is 4.05. The van der Waals surface area contributed by atoms with Gasteiger partial charge in [-0.3, -0.25) is 14.5 Å². The van der Waals surface area contributed by atoms with Crippen molar-refractivity contribution in [1.82, 2.24) is 4.90 Å². The second-order valence-corrected chi connectivity index (χ2v) is 4.05. The van der Waals surface area contributed by atoms with Gasteiger partial charge in [-0.05, 0) is 19.1 Å². The Labute approximate surface area is 100 Å². The number of rotatable bonds is 1. The molecular weight excluding hydrogens is 216 g/mol. The van der Waals surface area contributed by atoms with Crippen LogP contribution >= 0.6 is 0 Å². The molecule has 0 bridgehead atoms. The molecule has 1 aliphatic rings. The van der Waals surface area contributed by atoms with Crippen LogP contribution in [0.1, 0.15) is 6.92 Å². The van der Waals surface area contributed by atoms with Gasteiger partial charge in [0, 0.05) is 12.7 Å². The summed E-state index contributed by atoms with van der Waals surface area (Å²) >= 11 is 0. The van der Waals surface area contributed by atoms with E-state index in [0.29, 0.717) is 5.69 Å². The van der Waals surface area contributed by atoms with Crippen molar-refractivity contribution in [3.05, 3.63) is 42.6 Å². The summed E-state index contributed by atoms with van der Waals surface area (Å²) < 4.78 is 0. The molecule has 0 unspecified atom stereocenters. The van der Waals surface area contributed by atoms with Gasteiger partial charge in [-0.1, -0.05) is 24.8 Å². The predicted octanol–water partition coefficient (Wildman–Crippen LogP) is 1.39. The highest BCUT2D eigenvalue weighted by atomic mass is 16.2. The van der Waals surface area contributed by atoms with Crippen molar-refractivity contribution in [3.63, 3.8) is 0 Å². The van der Waals surface area contributed by atoms with E-state index in [1.807, 2.05) is 18.2 Å². The van der Waals surface area contributed by atoms with Crippen molar-refractivity contribution in [3.8, 4) is 0 Å². The third-order valence-corrected chi connectivity index (χ3v) is 3.01. The molecule has 1 fully saturated rings. The minimum Gasteiger partial charge on any atom is -0.329 e. The maximum atomic E-state index is 12.2. The molecule has 2 rings (SSSR count). The van der Waals surface area contributed by atoms with Gasteiger partial charge in [0.2, 0.25) is 0 Å². The molecule has 0 saturated carbocycles. The molecule has 0 N–H and O–H groups in total. The number of carbonyl (C=O) groups excluding carboxylic acids is 2. The van der Waals surface area contributed by atoms with Gasteiger partial charge in [0.05, 0.1) is 0 Å². The van der Waals surface area contributed by atoms with Crippen molar-refractivity contribution in [2.45, 2.75) is 13.0 Å². The predicted molar refractivity (Wildman–Crippen MR) is 65.3 cm³/mol. The Hall–Kier alpha value is -2.10. The number of nitrogens with zero attached hydrogens (tertiary/aromatic N) is 2. The Morgan fingerprint density at radius 1 is 1.18 bits per heavy atom. The molecule has 88 valence electrons. The highest BCUT2D eigenvalue weighted by molar-refractivity contribution is 6.14. The van der Waals surface area contributed by atoms with Gasteiger partial charge in [-0.2, -0.15) is 0 Å². The van der Waals surface area contributed by atoms with Gasteiger partial charge in [0.1, 0.15) is 11.7 Å². The standard InChI is InChI=1S/C13H14N2O2/c1-9-13(17)15(10(2)12(16)14(9)3)11-7-5-4-6-8-11/h4-9H,2H2,1,3H3/t9-/m0/s1. The van der Waals surface area contributed by atoms with Crippen LogP contribution in [-0.4, -0.2) is 29.8 Å². The lowest BCUT2D eigenvalue weighted by atomic mass is 10.1. The van der Waals surface area contributed by atoms with E-state index in [-0.39, 0.29) is 17.5 Å². The molecule has 4 nitrogen and oxygen atoms in total. The maximum Gasteiger partial charge on any atom is 0.270 e. The first-order valence-electron chi connectivity index (χ1n) is 5.39. The minimum atomic E-state index is -0.465. The van der Waals surface area contributed by atoms with Crippen LogP contribution in [0, 0.1) is 0 Å². The number of likely N-dealkylation sites (N-methyl/N-ethyl adjacent to an activating group) is 1. The van der Waals surface area contributed by atoms with Gasteiger partial charge >= 0.3 is 0 Å². The summed E-state index contributed by atoms with van der Waals surface area (Å²) in [5.41, 5.74) is 0.873. The Morgan fingerprint density at radius 3 is 2.35 bits per heavy atom. The lowest BCUT2D eigenvalue weighted by molar-refractivity contribution is -0.137. The molecule has 4 heteroatoms. The topological polar surface area (TPSA) is 40.6 Å². The second kappa shape index (κ2) is 4.05. The Bertz CT molecular complexity index is 481. The first kappa shape index (κ1) is 11.4. The molecule has 2 amide bonds. The van der Waals surface area contributed by atoms with Crippen molar-refractivity contribution in [2.24, 2.45) is 0 Å². The average Bonchev–Trinajstić information content (AvgIpc) is 2.36. The summed E-state index contributed by atoms with van der Waals surface area (Å²) in [5, 5.41) is 0. The third-order valence-electron chi connectivity index (χ3n) is 3.01. The van der Waals surface area contributed by atoms with Gasteiger partial charge in [-0.25, -0.2) is 0 Å². The molecule has 0 spiro atoms. The van der Waals surface area contributed by atoms with Crippen LogP contribution in [0.25, 0.3) is 0 Å². The summed E-state index contributed by atoms with van der Waals surface area (Å²) in [6, 6.07) is 8.61. The van der Waals surface area contributed by atoms with Crippen LogP contribution in [0.2, 0.25) is 0 Å². The molecule has 0 aliphatic carbocycles. The maximum absolute atomic E-state index is 12.2. The molecule has 1 atom stereocenters. The zero-order chi connectivity index (χ0) is 12.6. The molecular formula is C13H14N2O2. The van der Waals surface area contributed by atoms with E-state index >= 15 is 0 Å². The molecule has 1 heterocycles. The van der Waals surface area contributed by atoms with Crippen LogP contribution in [0.15, 0.2) is 42.6 Å². The van der Waals surface area contributed by atoms with Gasteiger partial charge < -0.3 is 4.90 Å². The van der Waals surface area contributed by atoms with Gasteiger partial charge in [0.25, 0.3) is 11.8 Å². The quantitative estimate of drug-likeness (QED) is 0.684. The van der Waals surface area contributed by atoms with Crippen LogP contribution in [-0.2, 0) is 9.59 Å². The number of hydrogen-bond donors (Lipinski definition) is 0. The summed E-state index contributed by atoms with van der Waals surface area (Å²) in [4.78, 5) is 26.8. The lowest BCUT2D eigenvalue weighted by Gasteiger charge is -2.37. The van der Waals surface area contributed by atoms with E-state index in [4.69, 9.17) is 0 Å². The van der Waals surface area contributed by atoms with Crippen molar-refractivity contribution in [2.75, 3.05) is 11.9 Å². The van der Waals surface area contributed by atoms with E-state index in [1.54, 1.807) is 26.1 Å². The van der Waals surface area contributed by atoms with E-state index in [0.717, 1.165) is 0 Å². The molecule has 1 saturated heterocycles. The van der Waals surface area contributed by atoms with E-state index in [9.17, 15) is 9.59 Å². The van der Waals surface area contributed by atoms with Gasteiger partial charge in [-0.15, -0.1) is 0 Å². The summed E-state index contributed by atoms with van der Waals surface area (Å²) in [6.45, 7) is 5.41. The minimum absolute atomic E-state index is 0.136. The van der Waals surface area contributed by atoms with E-state index < -0.39 is 6.04 Å². The summed E-state index contributed by atoms with van der Waals surface area (Å²) in [6.07, 6.45) is 0. The highest BCUT2D eigenvalue weighted by Crippen LogP contribution is 2.25. The van der Waals surface area contributed by atoms with Crippen LogP contribution in [0.4, 0.5) is 5.69 Å². The zero-order valence-corrected chi connectivity index (χ0v) is 9.88. The Balaban J connectivity index is 2.44. The molecule has 0 aromatic heterocycles. The number of amides is 2. The van der Waals surface area contributed by atoms with E-state index in [2.05, 4.69) is 6.58 Å². The summed E-state index contributed by atoms with van der Waals surface area (Å²) in [7, 11) is 1.61. The Morgan fingerprint density at radius 2 is 1.76 bits per heavy atom. The van der Waals surface area contributed by atoms with Crippen LogP contribution in [0.3, 0.4) is 0 Å². The Kier molecular flexibility index (Phi) is 2.71. The number of hydrogen-bond acceptors (Lipinski definition) is 2. The normalized spacial score (nSPS) is 21.1. The highest BCUT2D eigenvalue weighted by Gasteiger charge is 2.38. The first-order chi connectivity index (χ1) is 8.04. The molecule has 0 radical (unpaired) electrons. The smallest absolute Gasteiger partial charge is 0.270 e. The van der Waals surface area contributed by atoms with Crippen molar-refractivity contribution in [1.29, 1.82) is 0 Å². The fourth-order valence-corrected chi connectivity index (χ4v) is 1.82.